The third kappa shape index (κ3) is 16.5. The minimum Gasteiger partial charge on any atom is -0.394 e. The van der Waals surface area contributed by atoms with Crippen molar-refractivity contribution in [2.45, 2.75) is 109 Å². The molecule has 1 aromatic heterocycles. The van der Waals surface area contributed by atoms with E-state index in [9.17, 15) is 43.5 Å². The van der Waals surface area contributed by atoms with Crippen molar-refractivity contribution >= 4 is 69.8 Å². The van der Waals surface area contributed by atoms with Crippen molar-refractivity contribution in [2.24, 2.45) is 40.7 Å². The van der Waals surface area contributed by atoms with Crippen LogP contribution >= 0.6 is 0 Å². The van der Waals surface area contributed by atoms with Gasteiger partial charge in [0.05, 0.1) is 31.2 Å². The van der Waals surface area contributed by atoms with Gasteiger partial charge in [0.2, 0.25) is 53.2 Å². The Hall–Kier alpha value is -7.57. The summed E-state index contributed by atoms with van der Waals surface area (Å²) in [5, 5.41) is 24.9. The SMILES string of the molecule is CC[C@H](C)[C@H](N)C(=O)N[C@@H](CC(N)=O)C(=O)N[C@@H](CC(N)=O)C(=O)N[C@H](C(=O)N1CC(C2=CN(c3ccc[cH-]3)NN2)C[C@H]1C(=O)N[C@@H](Cc1c[nH]c2ccccc12)C(=O)N[C@@H](CO)C(N)=O)[C@@H](C)CC.[Fe+2].c1cc[cH-]c1. The molecular weight excluding hydrogens is 1020 g/mol. The van der Waals surface area contributed by atoms with E-state index in [0.29, 0.717) is 24.1 Å². The molecule has 17 N–H and O–H groups in total. The van der Waals surface area contributed by atoms with Crippen LogP contribution in [0.15, 0.2) is 97.0 Å². The Labute approximate surface area is 450 Å². The van der Waals surface area contributed by atoms with Gasteiger partial charge in [-0.1, -0.05) is 64.4 Å². The van der Waals surface area contributed by atoms with Gasteiger partial charge in [-0.2, -0.15) is 30.3 Å². The third-order valence-corrected chi connectivity index (χ3v) is 13.4. The molecule has 3 heterocycles. The number of nitrogens with one attached hydrogen (secondary N) is 8. The van der Waals surface area contributed by atoms with E-state index in [1.165, 1.54) is 4.90 Å². The number of aliphatic hydroxyl groups excluding tert-OH is 1. The number of aromatic nitrogens is 1. The van der Waals surface area contributed by atoms with Crippen LogP contribution in [0.25, 0.3) is 10.9 Å². The van der Waals surface area contributed by atoms with Crippen molar-refractivity contribution in [3.8, 4) is 0 Å². The Morgan fingerprint density at radius 3 is 1.92 bits per heavy atom. The van der Waals surface area contributed by atoms with E-state index in [-0.39, 0.29) is 42.4 Å². The number of fused-ring (bicyclic) bond motifs is 1. The number of anilines is 1. The Balaban J connectivity index is 0.00000196. The normalized spacial score (nSPS) is 18.0. The Morgan fingerprint density at radius 1 is 0.750 bits per heavy atom. The van der Waals surface area contributed by atoms with Gasteiger partial charge < -0.3 is 69.9 Å². The van der Waals surface area contributed by atoms with E-state index < -0.39 is 127 Å². The number of carbonyl (C=O) groups is 9. The fourth-order valence-corrected chi connectivity index (χ4v) is 8.54. The van der Waals surface area contributed by atoms with Gasteiger partial charge in [-0.15, -0.1) is 11.6 Å². The minimum atomic E-state index is -1.72. The topological polar surface area (TPSA) is 384 Å². The maximum Gasteiger partial charge on any atom is 2.00 e. The first-order chi connectivity index (χ1) is 35.8. The molecular formula is C51H70FeN14O10. The van der Waals surface area contributed by atoms with Crippen molar-refractivity contribution < 1.29 is 65.3 Å². The molecule has 24 nitrogen and oxygen atoms in total. The van der Waals surface area contributed by atoms with E-state index in [1.54, 1.807) is 44.2 Å². The number of H-pyrrole nitrogens is 1. The van der Waals surface area contributed by atoms with Crippen LogP contribution in [0.2, 0.25) is 0 Å². The summed E-state index contributed by atoms with van der Waals surface area (Å²) < 4.78 is 0. The maximum atomic E-state index is 15.1. The number of nitrogens with two attached hydrogens (primary N) is 4. The average molecular weight is 1100 g/mol. The van der Waals surface area contributed by atoms with Crippen molar-refractivity contribution in [3.63, 3.8) is 0 Å². The summed E-state index contributed by atoms with van der Waals surface area (Å²) in [4.78, 5) is 126. The van der Waals surface area contributed by atoms with Gasteiger partial charge in [0.1, 0.15) is 36.3 Å². The van der Waals surface area contributed by atoms with Gasteiger partial charge in [-0.25, -0.2) is 18.2 Å². The molecule has 4 aromatic rings. The van der Waals surface area contributed by atoms with Crippen molar-refractivity contribution in [2.75, 3.05) is 18.2 Å². The number of aliphatic hydroxyl groups is 1. The van der Waals surface area contributed by atoms with Crippen molar-refractivity contribution in [1.82, 2.24) is 47.4 Å². The first kappa shape index (κ1) is 61.0. The van der Waals surface area contributed by atoms with Crippen LogP contribution in [0.5, 0.6) is 0 Å². The second-order valence-corrected chi connectivity index (χ2v) is 18.8. The summed E-state index contributed by atoms with van der Waals surface area (Å²) in [6.07, 6.45) is 2.74. The number of hydrogen-bond donors (Lipinski definition) is 13. The predicted octanol–water partition coefficient (Wildman–Crippen LogP) is -1.51. The number of nitrogens with zero attached hydrogens (tertiary/aromatic N) is 2. The van der Waals surface area contributed by atoms with E-state index in [4.69, 9.17) is 22.9 Å². The first-order valence-electron chi connectivity index (χ1n) is 24.8. The summed E-state index contributed by atoms with van der Waals surface area (Å²) >= 11 is 0. The maximum absolute atomic E-state index is 15.1. The summed E-state index contributed by atoms with van der Waals surface area (Å²) in [5.74, 6) is -9.65. The van der Waals surface area contributed by atoms with E-state index in [0.717, 1.165) is 16.6 Å². The van der Waals surface area contributed by atoms with E-state index >= 15 is 4.79 Å². The molecule has 412 valence electrons. The van der Waals surface area contributed by atoms with Crippen LogP contribution in [0.3, 0.4) is 0 Å². The smallest absolute Gasteiger partial charge is 0.394 e. The molecule has 1 unspecified atom stereocenters. The fourth-order valence-electron chi connectivity index (χ4n) is 8.54. The molecule has 0 spiro atoms. The minimum absolute atomic E-state index is 0. The Kier molecular flexibility index (Phi) is 23.2. The van der Waals surface area contributed by atoms with Crippen LogP contribution in [0.4, 0.5) is 5.69 Å². The van der Waals surface area contributed by atoms with Crippen LogP contribution in [-0.2, 0) is 66.6 Å². The van der Waals surface area contributed by atoms with Crippen LogP contribution < -0.4 is 65.5 Å². The number of hydrogen-bond acceptors (Lipinski definition) is 14. The molecule has 9 amide bonds. The number of likely N-dealkylation sites (tertiary alicyclic amines) is 1. The van der Waals surface area contributed by atoms with Gasteiger partial charge in [-0.3, -0.25) is 48.2 Å². The fraction of sp³-hybridized carbons (Fsp3) is 0.431. The summed E-state index contributed by atoms with van der Waals surface area (Å²) in [7, 11) is 0. The van der Waals surface area contributed by atoms with Crippen molar-refractivity contribution in [1.29, 1.82) is 0 Å². The second-order valence-electron chi connectivity index (χ2n) is 18.8. The van der Waals surface area contributed by atoms with Crippen LogP contribution in [-0.4, -0.2) is 124 Å². The molecule has 1 fully saturated rings. The summed E-state index contributed by atoms with van der Waals surface area (Å²) in [5.41, 5.74) is 31.3. The number of primary amides is 3. The molecule has 10 atom stereocenters. The molecule has 2 aliphatic rings. The number of hydrazine groups is 2. The standard InChI is InChI=1S/C46H65N14O10.C5H5.Fe/c1-5-23(3)38(49)45(69)54-31(17-36(47)62)42(66)52-32(18-37(48)63)43(67)56-39(24(4)6-2)46(70)59-20-26(33-21-60(58-57-33)27-11-7-8-12-27)16-35(59)44(68)53-30(41(65)55-34(22-61)40(50)64)15-25-19-51-29-14-10-9-13-28(25)29;1-2-4-5-3-1;/h7-14,19,21,23-24,26,30-32,34-35,38-39,51,57-58,61H,5-6,15-18,20,22,49H2,1-4H3,(H2,47,62)(H2,48,63)(H2,50,64)(H,52,66)(H,53,68)(H,54,69)(H,55,65)(H,56,67);1-5H;/q2*-1;+2/t23-,24-,26?,30-,31-,32-,34-,35-,38-,39-;;/m0../s1. The summed E-state index contributed by atoms with van der Waals surface area (Å²) in [6.45, 7) is 6.07. The Bertz CT molecular complexity index is 2630. The average Bonchev–Trinajstić information content (AvgIpc) is 4.26. The van der Waals surface area contributed by atoms with Crippen LogP contribution in [0.1, 0.15) is 65.4 Å². The van der Waals surface area contributed by atoms with Gasteiger partial charge in [-0.05, 0) is 29.9 Å². The quantitative estimate of drug-likeness (QED) is 0.0265. The molecule has 0 aliphatic carbocycles. The van der Waals surface area contributed by atoms with Gasteiger partial charge >= 0.3 is 17.1 Å². The molecule has 2 aliphatic heterocycles. The van der Waals surface area contributed by atoms with Crippen molar-refractivity contribution in [3.05, 3.63) is 103 Å². The third-order valence-electron chi connectivity index (χ3n) is 13.4. The number of benzene rings is 1. The molecule has 0 radical (unpaired) electrons. The van der Waals surface area contributed by atoms with E-state index in [2.05, 4.69) is 42.5 Å². The molecule has 1 saturated heterocycles. The second kappa shape index (κ2) is 28.9. The molecule has 0 bridgehead atoms. The zero-order valence-electron chi connectivity index (χ0n) is 42.8. The molecule has 3 aromatic carbocycles. The van der Waals surface area contributed by atoms with Gasteiger partial charge in [0, 0.05) is 42.2 Å². The monoisotopic (exact) mass is 1090 g/mol. The van der Waals surface area contributed by atoms with Crippen LogP contribution in [0, 0.1) is 17.8 Å². The first-order valence-corrected chi connectivity index (χ1v) is 24.8. The number of amides is 9. The number of para-hydroxylation sites is 1. The molecule has 25 heteroatoms. The van der Waals surface area contributed by atoms with E-state index in [1.807, 2.05) is 79.7 Å². The molecule has 76 heavy (non-hydrogen) atoms. The van der Waals surface area contributed by atoms with Gasteiger partial charge in [0.25, 0.3) is 0 Å². The largest absolute Gasteiger partial charge is 2.00 e. The van der Waals surface area contributed by atoms with Gasteiger partial charge in [0.15, 0.2) is 0 Å². The zero-order chi connectivity index (χ0) is 54.9. The molecule has 0 saturated carbocycles. The number of carbonyl (C=O) groups excluding carboxylic acids is 9. The number of aromatic amines is 1. The number of rotatable bonds is 25. The predicted molar refractivity (Wildman–Crippen MR) is 277 cm³/mol. The zero-order valence-corrected chi connectivity index (χ0v) is 43.9. The summed E-state index contributed by atoms with van der Waals surface area (Å²) in [6, 6.07) is 14.8. The Morgan fingerprint density at radius 2 is 1.36 bits per heavy atom. The molecule has 6 rings (SSSR count).